The molecular weight excluding hydrogens is 615 g/mol. The molecule has 9 rings (SSSR count). The molecule has 9 aromatic carbocycles. The van der Waals surface area contributed by atoms with E-state index in [0.717, 1.165) is 17.1 Å². The highest BCUT2D eigenvalue weighted by molar-refractivity contribution is 6.14. The second-order valence-electron chi connectivity index (χ2n) is 13.0. The van der Waals surface area contributed by atoms with Gasteiger partial charge in [0.2, 0.25) is 0 Å². The molecule has 0 saturated heterocycles. The Morgan fingerprint density at radius 3 is 1.25 bits per heavy atom. The van der Waals surface area contributed by atoms with Gasteiger partial charge in [0, 0.05) is 16.8 Å². The zero-order chi connectivity index (χ0) is 34.0. The molecule has 1 nitrogen and oxygen atoms in total. The third-order valence-electron chi connectivity index (χ3n) is 9.81. The Bertz CT molecular complexity index is 2550. The average Bonchev–Trinajstić information content (AvgIpc) is 3.22. The molecule has 0 bridgehead atoms. The van der Waals surface area contributed by atoms with Gasteiger partial charge in [-0.25, -0.2) is 0 Å². The molecule has 0 spiro atoms. The maximum absolute atomic E-state index is 2.44. The van der Waals surface area contributed by atoms with Crippen LogP contribution in [0.15, 0.2) is 212 Å². The van der Waals surface area contributed by atoms with E-state index < -0.39 is 0 Å². The number of hydrogen-bond acceptors (Lipinski definition) is 1. The van der Waals surface area contributed by atoms with E-state index in [1.807, 2.05) is 0 Å². The maximum atomic E-state index is 2.44. The minimum atomic E-state index is 1.10. The van der Waals surface area contributed by atoms with E-state index in [-0.39, 0.29) is 0 Å². The van der Waals surface area contributed by atoms with Gasteiger partial charge in [-0.05, 0) is 103 Å². The Hall–Kier alpha value is -6.70. The van der Waals surface area contributed by atoms with Crippen molar-refractivity contribution in [2.24, 2.45) is 0 Å². The van der Waals surface area contributed by atoms with Crippen LogP contribution in [-0.2, 0) is 0 Å². The number of nitrogens with zero attached hydrogens (tertiary/aromatic N) is 1. The van der Waals surface area contributed by atoms with Crippen molar-refractivity contribution in [3.63, 3.8) is 0 Å². The van der Waals surface area contributed by atoms with E-state index in [9.17, 15) is 0 Å². The summed E-state index contributed by atoms with van der Waals surface area (Å²) in [5, 5.41) is 4.93. The fourth-order valence-corrected chi connectivity index (χ4v) is 7.29. The van der Waals surface area contributed by atoms with Crippen LogP contribution in [0.25, 0.3) is 66.1 Å². The summed E-state index contributed by atoms with van der Waals surface area (Å²) in [5.41, 5.74) is 12.9. The van der Waals surface area contributed by atoms with Gasteiger partial charge >= 0.3 is 0 Å². The Labute approximate surface area is 299 Å². The van der Waals surface area contributed by atoms with Gasteiger partial charge in [0.05, 0.1) is 5.69 Å². The fraction of sp³-hybridized carbons (Fsp3) is 0. The average molecular weight is 650 g/mol. The van der Waals surface area contributed by atoms with Gasteiger partial charge in [0.25, 0.3) is 0 Å². The van der Waals surface area contributed by atoms with Crippen LogP contribution < -0.4 is 4.90 Å². The summed E-state index contributed by atoms with van der Waals surface area (Å²) in [6, 6.07) is 76.7. The van der Waals surface area contributed by atoms with Crippen LogP contribution >= 0.6 is 0 Å². The molecule has 0 aliphatic carbocycles. The van der Waals surface area contributed by atoms with Crippen molar-refractivity contribution in [2.45, 2.75) is 0 Å². The molecule has 0 aromatic heterocycles. The quantitative estimate of drug-likeness (QED) is 0.155. The van der Waals surface area contributed by atoms with Crippen LogP contribution in [0.5, 0.6) is 0 Å². The summed E-state index contributed by atoms with van der Waals surface area (Å²) >= 11 is 0. The Kier molecular flexibility index (Phi) is 7.92. The number of rotatable bonds is 7. The molecule has 0 atom stereocenters. The zero-order valence-corrected chi connectivity index (χ0v) is 28.2. The lowest BCUT2D eigenvalue weighted by molar-refractivity contribution is 1.30. The SMILES string of the molecule is c1ccc(-c2cccc(-c3ccc(N(c4cc(-c5ccccc5)cc(-c5ccccc5)c4)c4cc5ccccc5c5ccccc45)cc3)c2)cc1. The zero-order valence-electron chi connectivity index (χ0n) is 28.2. The number of benzene rings is 9. The van der Waals surface area contributed by atoms with Crippen molar-refractivity contribution in [1.29, 1.82) is 0 Å². The fourth-order valence-electron chi connectivity index (χ4n) is 7.29. The van der Waals surface area contributed by atoms with Crippen molar-refractivity contribution in [1.82, 2.24) is 0 Å². The third-order valence-corrected chi connectivity index (χ3v) is 9.81. The molecule has 51 heavy (non-hydrogen) atoms. The van der Waals surface area contributed by atoms with Crippen LogP contribution in [0.2, 0.25) is 0 Å². The first-order valence-corrected chi connectivity index (χ1v) is 17.5. The normalized spacial score (nSPS) is 11.1. The van der Waals surface area contributed by atoms with E-state index in [1.54, 1.807) is 0 Å². The van der Waals surface area contributed by atoms with Crippen LogP contribution in [0.1, 0.15) is 0 Å². The molecule has 0 amide bonds. The van der Waals surface area contributed by atoms with Gasteiger partial charge in [-0.2, -0.15) is 0 Å². The standard InChI is InChI=1S/C50H35N/c1-4-15-36(16-5-1)40-22-14-23-41(31-40)39-27-29-45(30-28-39)51(50-35-42-21-10-11-24-47(42)48-25-12-13-26-49(48)50)46-33-43(37-17-6-2-7-18-37)32-44(34-46)38-19-8-3-9-20-38/h1-35H. The summed E-state index contributed by atoms with van der Waals surface area (Å²) in [6.07, 6.45) is 0. The summed E-state index contributed by atoms with van der Waals surface area (Å²) in [7, 11) is 0. The largest absolute Gasteiger partial charge is 0.310 e. The van der Waals surface area contributed by atoms with Gasteiger partial charge in [0.15, 0.2) is 0 Å². The minimum Gasteiger partial charge on any atom is -0.310 e. The second-order valence-corrected chi connectivity index (χ2v) is 13.0. The lowest BCUT2D eigenvalue weighted by Gasteiger charge is -2.29. The van der Waals surface area contributed by atoms with Crippen LogP contribution in [0, 0.1) is 0 Å². The van der Waals surface area contributed by atoms with E-state index in [4.69, 9.17) is 0 Å². The lowest BCUT2D eigenvalue weighted by Crippen LogP contribution is -2.11. The van der Waals surface area contributed by atoms with Gasteiger partial charge in [0.1, 0.15) is 0 Å². The molecule has 0 fully saturated rings. The van der Waals surface area contributed by atoms with Crippen molar-refractivity contribution >= 4 is 38.6 Å². The van der Waals surface area contributed by atoms with E-state index >= 15 is 0 Å². The molecule has 0 heterocycles. The van der Waals surface area contributed by atoms with Gasteiger partial charge in [-0.1, -0.05) is 170 Å². The Morgan fingerprint density at radius 1 is 0.235 bits per heavy atom. The predicted octanol–water partition coefficient (Wildman–Crippen LogP) is 14.1. The monoisotopic (exact) mass is 649 g/mol. The smallest absolute Gasteiger partial charge is 0.0546 e. The third kappa shape index (κ3) is 5.96. The Balaban J connectivity index is 1.26. The first kappa shape index (κ1) is 30.4. The molecule has 9 aromatic rings. The highest BCUT2D eigenvalue weighted by atomic mass is 15.1. The van der Waals surface area contributed by atoms with Crippen molar-refractivity contribution in [3.8, 4) is 44.5 Å². The highest BCUT2D eigenvalue weighted by Crippen LogP contribution is 2.44. The van der Waals surface area contributed by atoms with E-state index in [0.29, 0.717) is 0 Å². The molecule has 0 aliphatic rings. The van der Waals surface area contributed by atoms with Gasteiger partial charge < -0.3 is 4.90 Å². The number of anilines is 3. The highest BCUT2D eigenvalue weighted by Gasteiger charge is 2.19. The van der Waals surface area contributed by atoms with Crippen LogP contribution in [0.3, 0.4) is 0 Å². The number of fused-ring (bicyclic) bond motifs is 3. The Morgan fingerprint density at radius 2 is 0.667 bits per heavy atom. The van der Waals surface area contributed by atoms with E-state index in [1.165, 1.54) is 66.1 Å². The predicted molar refractivity (Wildman–Crippen MR) is 218 cm³/mol. The van der Waals surface area contributed by atoms with Crippen molar-refractivity contribution in [3.05, 3.63) is 212 Å². The van der Waals surface area contributed by atoms with Crippen LogP contribution in [-0.4, -0.2) is 0 Å². The second kappa shape index (κ2) is 13.3. The molecular formula is C50H35N. The first-order valence-electron chi connectivity index (χ1n) is 17.5. The molecule has 1 heteroatoms. The van der Waals surface area contributed by atoms with Crippen molar-refractivity contribution < 1.29 is 0 Å². The molecule has 240 valence electrons. The van der Waals surface area contributed by atoms with Gasteiger partial charge in [-0.3, -0.25) is 0 Å². The number of hydrogen-bond donors (Lipinski definition) is 0. The summed E-state index contributed by atoms with van der Waals surface area (Å²) in [5.74, 6) is 0. The molecule has 0 radical (unpaired) electrons. The van der Waals surface area contributed by atoms with E-state index in [2.05, 4.69) is 217 Å². The minimum absolute atomic E-state index is 1.10. The van der Waals surface area contributed by atoms with Crippen LogP contribution in [0.4, 0.5) is 17.1 Å². The van der Waals surface area contributed by atoms with Crippen molar-refractivity contribution in [2.75, 3.05) is 4.90 Å². The lowest BCUT2D eigenvalue weighted by atomic mass is 9.95. The maximum Gasteiger partial charge on any atom is 0.0546 e. The summed E-state index contributed by atoms with van der Waals surface area (Å²) in [6.45, 7) is 0. The summed E-state index contributed by atoms with van der Waals surface area (Å²) in [4.78, 5) is 2.44. The van der Waals surface area contributed by atoms with Gasteiger partial charge in [-0.15, -0.1) is 0 Å². The molecule has 0 N–H and O–H groups in total. The first-order chi connectivity index (χ1) is 25.3. The molecule has 0 aliphatic heterocycles. The topological polar surface area (TPSA) is 3.24 Å². The summed E-state index contributed by atoms with van der Waals surface area (Å²) < 4.78 is 0. The molecule has 0 unspecified atom stereocenters. The molecule has 0 saturated carbocycles.